The predicted octanol–water partition coefficient (Wildman–Crippen LogP) is 1.59. The summed E-state index contributed by atoms with van der Waals surface area (Å²) in [6, 6.07) is 12.3. The van der Waals surface area contributed by atoms with E-state index in [2.05, 4.69) is 5.32 Å². The largest absolute Gasteiger partial charge is 0.497 e. The highest BCUT2D eigenvalue weighted by Crippen LogP contribution is 2.16. The first-order valence-electron chi connectivity index (χ1n) is 5.98. The summed E-state index contributed by atoms with van der Waals surface area (Å²) in [6.07, 6.45) is 0. The van der Waals surface area contributed by atoms with Gasteiger partial charge < -0.3 is 10.1 Å². The van der Waals surface area contributed by atoms with Crippen molar-refractivity contribution in [2.24, 2.45) is 5.14 Å². The van der Waals surface area contributed by atoms with Gasteiger partial charge in [0.05, 0.1) is 12.0 Å². The van der Waals surface area contributed by atoms with Crippen LogP contribution in [0.5, 0.6) is 5.75 Å². The van der Waals surface area contributed by atoms with Gasteiger partial charge >= 0.3 is 0 Å². The minimum Gasteiger partial charge on any atom is -0.497 e. The summed E-state index contributed by atoms with van der Waals surface area (Å²) in [5.41, 5.74) is 0.777. The molecule has 110 valence electrons. The summed E-state index contributed by atoms with van der Waals surface area (Å²) < 4.78 is 27.5. The fourth-order valence-corrected chi connectivity index (χ4v) is 2.26. The lowest BCUT2D eigenvalue weighted by molar-refractivity contribution is 0.102. The summed E-state index contributed by atoms with van der Waals surface area (Å²) in [5, 5.41) is 7.65. The second-order valence-electron chi connectivity index (χ2n) is 4.26. The maximum Gasteiger partial charge on any atom is 0.255 e. The Hall–Kier alpha value is -2.38. The first kappa shape index (κ1) is 15.0. The van der Waals surface area contributed by atoms with E-state index in [0.717, 1.165) is 0 Å². The van der Waals surface area contributed by atoms with E-state index in [9.17, 15) is 13.2 Å². The van der Waals surface area contributed by atoms with Gasteiger partial charge in [0.2, 0.25) is 10.0 Å². The molecule has 0 bridgehead atoms. The summed E-state index contributed by atoms with van der Waals surface area (Å²) in [6.45, 7) is 0. The van der Waals surface area contributed by atoms with Crippen LogP contribution in [0.2, 0.25) is 0 Å². The van der Waals surface area contributed by atoms with Crippen LogP contribution < -0.4 is 15.2 Å². The number of nitrogens with two attached hydrogens (primary N) is 1. The van der Waals surface area contributed by atoms with Gasteiger partial charge in [-0.25, -0.2) is 13.6 Å². The lowest BCUT2D eigenvalue weighted by Crippen LogP contribution is -2.14. The number of anilines is 1. The molecule has 0 radical (unpaired) electrons. The smallest absolute Gasteiger partial charge is 0.255 e. The molecule has 0 aliphatic heterocycles. The number of nitrogens with one attached hydrogen (secondary N) is 1. The molecule has 6 nitrogen and oxygen atoms in total. The molecule has 0 aromatic heterocycles. The highest BCUT2D eigenvalue weighted by atomic mass is 32.2. The zero-order valence-corrected chi connectivity index (χ0v) is 12.1. The average Bonchev–Trinajstić information content (AvgIpc) is 2.47. The number of benzene rings is 2. The second kappa shape index (κ2) is 5.94. The van der Waals surface area contributed by atoms with Crippen molar-refractivity contribution in [1.82, 2.24) is 0 Å². The van der Waals surface area contributed by atoms with E-state index in [1.54, 1.807) is 30.3 Å². The van der Waals surface area contributed by atoms with Crippen molar-refractivity contribution >= 4 is 21.6 Å². The van der Waals surface area contributed by atoms with E-state index >= 15 is 0 Å². The molecule has 2 rings (SSSR count). The fourth-order valence-electron chi connectivity index (χ4n) is 1.70. The molecule has 2 aromatic carbocycles. The van der Waals surface area contributed by atoms with Gasteiger partial charge in [-0.3, -0.25) is 4.79 Å². The van der Waals surface area contributed by atoms with Gasteiger partial charge in [-0.05, 0) is 42.5 Å². The Morgan fingerprint density at radius 1 is 1.14 bits per heavy atom. The number of hydrogen-bond acceptors (Lipinski definition) is 4. The molecule has 7 heteroatoms. The monoisotopic (exact) mass is 306 g/mol. The summed E-state index contributed by atoms with van der Waals surface area (Å²) in [4.78, 5) is 12.0. The Balaban J connectivity index is 2.19. The van der Waals surface area contributed by atoms with Gasteiger partial charge in [-0.2, -0.15) is 0 Å². The Bertz CT molecular complexity index is 755. The molecule has 0 saturated carbocycles. The molecular weight excluding hydrogens is 292 g/mol. The maximum absolute atomic E-state index is 12.0. The normalized spacial score (nSPS) is 11.0. The van der Waals surface area contributed by atoms with Crippen molar-refractivity contribution in [1.29, 1.82) is 0 Å². The van der Waals surface area contributed by atoms with Gasteiger partial charge in [-0.15, -0.1) is 0 Å². The molecule has 1 amide bonds. The molecule has 2 aromatic rings. The van der Waals surface area contributed by atoms with Gasteiger partial charge in [-0.1, -0.05) is 6.07 Å². The third kappa shape index (κ3) is 3.80. The third-order valence-corrected chi connectivity index (χ3v) is 3.68. The highest BCUT2D eigenvalue weighted by Gasteiger charge is 2.10. The topological polar surface area (TPSA) is 98.5 Å². The van der Waals surface area contributed by atoms with Crippen LogP contribution in [0.3, 0.4) is 0 Å². The number of primary sulfonamides is 1. The van der Waals surface area contributed by atoms with E-state index < -0.39 is 10.0 Å². The lowest BCUT2D eigenvalue weighted by atomic mass is 10.2. The lowest BCUT2D eigenvalue weighted by Gasteiger charge is -2.07. The second-order valence-corrected chi connectivity index (χ2v) is 5.82. The zero-order chi connectivity index (χ0) is 15.5. The van der Waals surface area contributed by atoms with Crippen LogP contribution >= 0.6 is 0 Å². The Morgan fingerprint density at radius 2 is 1.81 bits per heavy atom. The SMILES string of the molecule is COc1ccc(C(=O)Nc2cccc(S(N)(=O)=O)c2)cc1. The van der Waals surface area contributed by atoms with Crippen molar-refractivity contribution in [3.63, 3.8) is 0 Å². The molecule has 0 aliphatic rings. The molecule has 0 unspecified atom stereocenters. The van der Waals surface area contributed by atoms with Gasteiger partial charge in [0.15, 0.2) is 0 Å². The standard InChI is InChI=1S/C14H14N2O4S/c1-20-12-7-5-10(6-8-12)14(17)16-11-3-2-4-13(9-11)21(15,18)19/h2-9H,1H3,(H,16,17)(H2,15,18,19). The van der Waals surface area contributed by atoms with Crippen LogP contribution in [0.25, 0.3) is 0 Å². The van der Waals surface area contributed by atoms with Crippen molar-refractivity contribution in [3.05, 3.63) is 54.1 Å². The number of sulfonamides is 1. The number of methoxy groups -OCH3 is 1. The van der Waals surface area contributed by atoms with E-state index in [4.69, 9.17) is 9.88 Å². The minimum atomic E-state index is -3.80. The van der Waals surface area contributed by atoms with E-state index in [1.807, 2.05) is 0 Å². The summed E-state index contributed by atoms with van der Waals surface area (Å²) in [7, 11) is -2.27. The molecule has 0 heterocycles. The van der Waals surface area contributed by atoms with Crippen LogP contribution in [0, 0.1) is 0 Å². The number of ether oxygens (including phenoxy) is 1. The van der Waals surface area contributed by atoms with Gasteiger partial charge in [0.1, 0.15) is 5.75 Å². The van der Waals surface area contributed by atoms with Gasteiger partial charge in [0, 0.05) is 11.3 Å². The molecule has 21 heavy (non-hydrogen) atoms. The zero-order valence-electron chi connectivity index (χ0n) is 11.2. The quantitative estimate of drug-likeness (QED) is 0.896. The molecule has 0 fully saturated rings. The molecule has 0 saturated heterocycles. The number of amides is 1. The Morgan fingerprint density at radius 3 is 2.38 bits per heavy atom. The highest BCUT2D eigenvalue weighted by molar-refractivity contribution is 7.89. The maximum atomic E-state index is 12.0. The summed E-state index contributed by atoms with van der Waals surface area (Å²) in [5.74, 6) is 0.284. The first-order valence-corrected chi connectivity index (χ1v) is 7.53. The fraction of sp³-hybridized carbons (Fsp3) is 0.0714. The molecule has 0 aliphatic carbocycles. The van der Waals surface area contributed by atoms with Crippen LogP contribution in [0.4, 0.5) is 5.69 Å². The first-order chi connectivity index (χ1) is 9.90. The Labute approximate surface area is 122 Å². The number of carbonyl (C=O) groups excluding carboxylic acids is 1. The molecular formula is C14H14N2O4S. The van der Waals surface area contributed by atoms with Crippen molar-refractivity contribution in [2.45, 2.75) is 4.90 Å². The predicted molar refractivity (Wildman–Crippen MR) is 78.8 cm³/mol. The summed E-state index contributed by atoms with van der Waals surface area (Å²) >= 11 is 0. The van der Waals surface area contributed by atoms with Crippen LogP contribution in [0.1, 0.15) is 10.4 Å². The van der Waals surface area contributed by atoms with Crippen LogP contribution in [-0.4, -0.2) is 21.4 Å². The van der Waals surface area contributed by atoms with Gasteiger partial charge in [0.25, 0.3) is 5.91 Å². The number of rotatable bonds is 4. The molecule has 0 spiro atoms. The van der Waals surface area contributed by atoms with Crippen molar-refractivity contribution < 1.29 is 17.9 Å². The van der Waals surface area contributed by atoms with E-state index in [0.29, 0.717) is 17.0 Å². The molecule has 0 atom stereocenters. The Kier molecular flexibility index (Phi) is 4.25. The van der Waals surface area contributed by atoms with Crippen LogP contribution in [0.15, 0.2) is 53.4 Å². The average molecular weight is 306 g/mol. The minimum absolute atomic E-state index is 0.0602. The number of carbonyl (C=O) groups is 1. The van der Waals surface area contributed by atoms with Crippen molar-refractivity contribution in [2.75, 3.05) is 12.4 Å². The van der Waals surface area contributed by atoms with Crippen LogP contribution in [-0.2, 0) is 10.0 Å². The third-order valence-electron chi connectivity index (χ3n) is 2.77. The number of hydrogen-bond donors (Lipinski definition) is 2. The van der Waals surface area contributed by atoms with Crippen molar-refractivity contribution in [3.8, 4) is 5.75 Å². The van der Waals surface area contributed by atoms with E-state index in [-0.39, 0.29) is 10.8 Å². The van der Waals surface area contributed by atoms with E-state index in [1.165, 1.54) is 25.3 Å². The molecule has 3 N–H and O–H groups in total.